The summed E-state index contributed by atoms with van der Waals surface area (Å²) in [4.78, 5) is 7.14. The van der Waals surface area contributed by atoms with E-state index in [1.165, 1.54) is 12.8 Å². The van der Waals surface area contributed by atoms with Crippen LogP contribution in [0.3, 0.4) is 0 Å². The molecule has 5 nitrogen and oxygen atoms in total. The lowest BCUT2D eigenvalue weighted by molar-refractivity contribution is -0.0491. The Morgan fingerprint density at radius 3 is 2.84 bits per heavy atom. The highest BCUT2D eigenvalue weighted by atomic mass is 16.5. The molecule has 19 heavy (non-hydrogen) atoms. The van der Waals surface area contributed by atoms with E-state index in [1.807, 2.05) is 0 Å². The van der Waals surface area contributed by atoms with Gasteiger partial charge in [0.1, 0.15) is 0 Å². The number of nitrogens with one attached hydrogen (secondary N) is 2. The lowest BCUT2D eigenvalue weighted by Crippen LogP contribution is -2.53. The molecule has 0 radical (unpaired) electrons. The van der Waals surface area contributed by atoms with E-state index in [9.17, 15) is 0 Å². The van der Waals surface area contributed by atoms with Gasteiger partial charge >= 0.3 is 0 Å². The largest absolute Gasteiger partial charge is 0.378 e. The first-order valence-corrected chi connectivity index (χ1v) is 7.49. The average molecular weight is 268 g/mol. The van der Waals surface area contributed by atoms with Gasteiger partial charge in [-0.2, -0.15) is 0 Å². The summed E-state index contributed by atoms with van der Waals surface area (Å²) < 4.78 is 5.54. The number of guanidine groups is 1. The highest BCUT2D eigenvalue weighted by molar-refractivity contribution is 5.80. The van der Waals surface area contributed by atoms with E-state index in [1.54, 1.807) is 0 Å². The molecule has 110 valence electrons. The van der Waals surface area contributed by atoms with E-state index in [-0.39, 0.29) is 5.54 Å². The third-order valence-electron chi connectivity index (χ3n) is 3.72. The first-order valence-electron chi connectivity index (χ1n) is 7.49. The van der Waals surface area contributed by atoms with Crippen molar-refractivity contribution in [2.45, 2.75) is 45.2 Å². The SMILES string of the molecule is CCNC(=NCCN1CCOCC1(C)C)NC1CC1. The Morgan fingerprint density at radius 1 is 1.42 bits per heavy atom. The van der Waals surface area contributed by atoms with Crippen molar-refractivity contribution in [1.29, 1.82) is 0 Å². The van der Waals surface area contributed by atoms with Gasteiger partial charge in [0.15, 0.2) is 5.96 Å². The fourth-order valence-corrected chi connectivity index (χ4v) is 2.33. The predicted octanol–water partition coefficient (Wildman–Crippen LogP) is 0.815. The number of rotatable bonds is 5. The monoisotopic (exact) mass is 268 g/mol. The average Bonchev–Trinajstić information content (AvgIpc) is 3.15. The molecule has 2 fully saturated rings. The smallest absolute Gasteiger partial charge is 0.191 e. The van der Waals surface area contributed by atoms with Crippen molar-refractivity contribution in [2.24, 2.45) is 4.99 Å². The zero-order valence-electron chi connectivity index (χ0n) is 12.5. The van der Waals surface area contributed by atoms with Crippen molar-refractivity contribution in [2.75, 3.05) is 39.4 Å². The molecule has 0 aromatic heterocycles. The Hall–Kier alpha value is -0.810. The van der Waals surface area contributed by atoms with Crippen molar-refractivity contribution in [3.8, 4) is 0 Å². The number of ether oxygens (including phenoxy) is 1. The second kappa shape index (κ2) is 6.57. The topological polar surface area (TPSA) is 48.9 Å². The lowest BCUT2D eigenvalue weighted by Gasteiger charge is -2.41. The molecular formula is C14H28N4O. The summed E-state index contributed by atoms with van der Waals surface area (Å²) in [6.07, 6.45) is 2.56. The normalized spacial score (nSPS) is 24.3. The van der Waals surface area contributed by atoms with Gasteiger partial charge in [-0.3, -0.25) is 9.89 Å². The van der Waals surface area contributed by atoms with E-state index >= 15 is 0 Å². The molecule has 0 aromatic rings. The summed E-state index contributed by atoms with van der Waals surface area (Å²) >= 11 is 0. The standard InChI is InChI=1S/C14H28N4O/c1-4-15-13(17-12-5-6-12)16-7-8-18-9-10-19-11-14(18,2)3/h12H,4-11H2,1-3H3,(H2,15,16,17). The van der Waals surface area contributed by atoms with Crippen LogP contribution >= 0.6 is 0 Å². The first-order chi connectivity index (χ1) is 9.12. The van der Waals surface area contributed by atoms with Gasteiger partial charge in [0.05, 0.1) is 19.8 Å². The second-order valence-electron chi connectivity index (χ2n) is 6.03. The van der Waals surface area contributed by atoms with Crippen LogP contribution in [-0.4, -0.2) is 61.8 Å². The van der Waals surface area contributed by atoms with Gasteiger partial charge in [-0.15, -0.1) is 0 Å². The van der Waals surface area contributed by atoms with E-state index < -0.39 is 0 Å². The van der Waals surface area contributed by atoms with Gasteiger partial charge in [0.25, 0.3) is 0 Å². The maximum Gasteiger partial charge on any atom is 0.191 e. The van der Waals surface area contributed by atoms with Gasteiger partial charge in [-0.25, -0.2) is 0 Å². The Bertz CT molecular complexity index is 313. The van der Waals surface area contributed by atoms with Crippen molar-refractivity contribution in [3.05, 3.63) is 0 Å². The van der Waals surface area contributed by atoms with Gasteiger partial charge in [0.2, 0.25) is 0 Å². The van der Waals surface area contributed by atoms with Crippen molar-refractivity contribution < 1.29 is 4.74 Å². The zero-order chi connectivity index (χ0) is 13.7. The molecule has 0 atom stereocenters. The summed E-state index contributed by atoms with van der Waals surface area (Å²) in [6, 6.07) is 0.651. The minimum Gasteiger partial charge on any atom is -0.378 e. The highest BCUT2D eigenvalue weighted by Gasteiger charge is 2.29. The van der Waals surface area contributed by atoms with E-state index in [2.05, 4.69) is 41.3 Å². The molecule has 0 amide bonds. The number of hydrogen-bond donors (Lipinski definition) is 2. The molecule has 1 aliphatic carbocycles. The van der Waals surface area contributed by atoms with Crippen molar-refractivity contribution in [1.82, 2.24) is 15.5 Å². The quantitative estimate of drug-likeness (QED) is 0.572. The molecule has 2 aliphatic rings. The van der Waals surface area contributed by atoms with Gasteiger partial charge in [0, 0.05) is 31.2 Å². The maximum atomic E-state index is 5.54. The molecule has 0 bridgehead atoms. The van der Waals surface area contributed by atoms with E-state index in [0.717, 1.165) is 45.4 Å². The Labute approximate surface area is 116 Å². The number of hydrogen-bond acceptors (Lipinski definition) is 3. The van der Waals surface area contributed by atoms with Gasteiger partial charge in [-0.1, -0.05) is 0 Å². The van der Waals surface area contributed by atoms with Crippen LogP contribution in [0.4, 0.5) is 0 Å². The highest BCUT2D eigenvalue weighted by Crippen LogP contribution is 2.19. The van der Waals surface area contributed by atoms with Crippen LogP contribution in [0.5, 0.6) is 0 Å². The fraction of sp³-hybridized carbons (Fsp3) is 0.929. The lowest BCUT2D eigenvalue weighted by atomic mass is 10.0. The molecule has 1 saturated heterocycles. The molecule has 2 N–H and O–H groups in total. The summed E-state index contributed by atoms with van der Waals surface area (Å²) in [6.45, 7) is 12.0. The minimum absolute atomic E-state index is 0.135. The van der Waals surface area contributed by atoms with Crippen LogP contribution in [-0.2, 0) is 4.74 Å². The summed E-state index contributed by atoms with van der Waals surface area (Å²) in [5, 5.41) is 6.75. The van der Waals surface area contributed by atoms with Gasteiger partial charge < -0.3 is 15.4 Å². The zero-order valence-corrected chi connectivity index (χ0v) is 12.5. The molecule has 1 heterocycles. The molecule has 0 spiro atoms. The molecule has 2 rings (SSSR count). The molecule has 5 heteroatoms. The Balaban J connectivity index is 1.78. The first kappa shape index (κ1) is 14.6. The third-order valence-corrected chi connectivity index (χ3v) is 3.72. The second-order valence-corrected chi connectivity index (χ2v) is 6.03. The number of aliphatic imine (C=N–C) groups is 1. The molecule has 0 aromatic carbocycles. The van der Waals surface area contributed by atoms with Crippen molar-refractivity contribution in [3.63, 3.8) is 0 Å². The molecule has 0 unspecified atom stereocenters. The van der Waals surface area contributed by atoms with Crippen LogP contribution < -0.4 is 10.6 Å². The summed E-state index contributed by atoms with van der Waals surface area (Å²) in [7, 11) is 0. The predicted molar refractivity (Wildman–Crippen MR) is 78.6 cm³/mol. The molecule has 1 saturated carbocycles. The maximum absolute atomic E-state index is 5.54. The van der Waals surface area contributed by atoms with Crippen LogP contribution in [0, 0.1) is 0 Å². The van der Waals surface area contributed by atoms with Crippen molar-refractivity contribution >= 4 is 5.96 Å². The third kappa shape index (κ3) is 4.66. The van der Waals surface area contributed by atoms with Crippen LogP contribution in [0.15, 0.2) is 4.99 Å². The van der Waals surface area contributed by atoms with E-state index in [0.29, 0.717) is 6.04 Å². The molecular weight excluding hydrogens is 240 g/mol. The number of nitrogens with zero attached hydrogens (tertiary/aromatic N) is 2. The summed E-state index contributed by atoms with van der Waals surface area (Å²) in [5.41, 5.74) is 0.135. The van der Waals surface area contributed by atoms with Crippen LogP contribution in [0.25, 0.3) is 0 Å². The van der Waals surface area contributed by atoms with Gasteiger partial charge in [-0.05, 0) is 33.6 Å². The number of morpholine rings is 1. The summed E-state index contributed by atoms with van der Waals surface area (Å²) in [5.74, 6) is 0.969. The molecule has 1 aliphatic heterocycles. The minimum atomic E-state index is 0.135. The van der Waals surface area contributed by atoms with E-state index in [4.69, 9.17) is 4.74 Å². The van der Waals surface area contributed by atoms with Crippen LogP contribution in [0.1, 0.15) is 33.6 Å². The fourth-order valence-electron chi connectivity index (χ4n) is 2.33. The Kier molecular flexibility index (Phi) is 5.05. The van der Waals surface area contributed by atoms with Crippen LogP contribution in [0.2, 0.25) is 0 Å². The Morgan fingerprint density at radius 2 is 2.21 bits per heavy atom.